The fourth-order valence-corrected chi connectivity index (χ4v) is 28.3. The molecule has 0 spiro atoms. The first-order chi connectivity index (χ1) is 68.0. The van der Waals surface area contributed by atoms with Gasteiger partial charge in [-0.15, -0.1) is 0 Å². The molecule has 13 aliphatic rings. The van der Waals surface area contributed by atoms with E-state index in [4.69, 9.17) is 0 Å². The van der Waals surface area contributed by atoms with E-state index in [9.17, 15) is 0 Å². The Balaban J connectivity index is 0.0000000795. The quantitative estimate of drug-likeness (QED) is 0.105. The third-order valence-electron chi connectivity index (χ3n) is 33.8. The summed E-state index contributed by atoms with van der Waals surface area (Å²) >= 11 is 0. The van der Waals surface area contributed by atoms with E-state index in [1.165, 1.54) is 249 Å². The molecule has 0 aromatic heterocycles. The van der Waals surface area contributed by atoms with Gasteiger partial charge >= 0.3 is 0 Å². The van der Waals surface area contributed by atoms with Gasteiger partial charge in [0.05, 0.1) is 0 Å². The first-order valence-electron chi connectivity index (χ1n) is 49.7. The second kappa shape index (κ2) is 29.2. The predicted molar refractivity (Wildman–Crippen MR) is 569 cm³/mol. The minimum Gasteiger partial charge on any atom is -0.0619 e. The molecule has 0 N–H and O–H groups in total. The van der Waals surface area contributed by atoms with Crippen molar-refractivity contribution in [1.82, 2.24) is 0 Å². The van der Waals surface area contributed by atoms with Crippen LogP contribution in [-0.4, -0.2) is 0 Å². The maximum atomic E-state index is 2.42. The van der Waals surface area contributed by atoms with Crippen LogP contribution >= 0.6 is 0 Å². The van der Waals surface area contributed by atoms with Gasteiger partial charge in [0.1, 0.15) is 0 Å². The van der Waals surface area contributed by atoms with Gasteiger partial charge < -0.3 is 0 Å². The molecule has 0 fully saturated rings. The van der Waals surface area contributed by atoms with Crippen LogP contribution < -0.4 is 0 Å². The molecule has 0 saturated heterocycles. The van der Waals surface area contributed by atoms with Gasteiger partial charge in [-0.25, -0.2) is 0 Å². The van der Waals surface area contributed by atoms with E-state index in [1.807, 2.05) is 0 Å². The van der Waals surface area contributed by atoms with Crippen LogP contribution in [0.1, 0.15) is 145 Å². The van der Waals surface area contributed by atoms with Gasteiger partial charge in [-0.05, 0) is 428 Å². The standard InChI is InChI=1S/2C28H18.3C27H18/c1-4-10-20-17(7-1)13-14-23-26-21-11-5-2-8-18(21)15-24(26)25-16-19-9-3-6-12-22(19)28(25)27(20)23;1-2-8-18-14-24-23(13-17(18)7-1)27-21-11-5-3-9-19(21)15-25(27)26-16-20-10-4-6-12-22(20)28(24)26;1-4-10-19-16(7-1)13-22-25(19)23-14-17-8-3-6-12-21(17)27(23)24-15-18-9-2-5-11-20(18)26(22)24;2*1-4-10-19-16(7-1)13-22-23-14-17-8-2-5-11-20(17)26(23)27-21-12-6-3-9-18(21)15-24(27)25(19)22/h2*1-14H,15-16H2;3*1-12H,13-15H2. The molecule has 638 valence electrons. The fraction of sp³-hybridized carbons (Fsp3) is 0.0949. The zero-order chi connectivity index (χ0) is 89.1. The fourth-order valence-electron chi connectivity index (χ4n) is 28.3. The highest BCUT2D eigenvalue weighted by atomic mass is 14.5. The highest BCUT2D eigenvalue weighted by molar-refractivity contribution is 6.22. The number of hydrogen-bond acceptors (Lipinski definition) is 0. The Kier molecular flexibility index (Phi) is 16.3. The lowest BCUT2D eigenvalue weighted by Gasteiger charge is -2.17. The van der Waals surface area contributed by atoms with E-state index in [0.717, 1.165) is 83.5 Å². The van der Waals surface area contributed by atoms with E-state index >= 15 is 0 Å². The summed E-state index contributed by atoms with van der Waals surface area (Å²) < 4.78 is 0. The average Bonchev–Trinajstić information content (AvgIpc) is 1.52. The van der Waals surface area contributed by atoms with Crippen molar-refractivity contribution >= 4 is 43.1 Å². The van der Waals surface area contributed by atoms with Crippen LogP contribution in [0.4, 0.5) is 0 Å². The van der Waals surface area contributed by atoms with Crippen molar-refractivity contribution in [2.75, 3.05) is 0 Å². The lowest BCUT2D eigenvalue weighted by molar-refractivity contribution is 1.15. The summed E-state index contributed by atoms with van der Waals surface area (Å²) in [6, 6.07) is 144. The van der Waals surface area contributed by atoms with Crippen LogP contribution in [0, 0.1) is 0 Å². The molecule has 0 heterocycles. The summed E-state index contributed by atoms with van der Waals surface area (Å²) in [5.41, 5.74) is 78.2. The Hall–Kier alpha value is -16.1. The summed E-state index contributed by atoms with van der Waals surface area (Å²) in [5.74, 6) is 0. The van der Waals surface area contributed by atoms with Crippen molar-refractivity contribution in [3.05, 3.63) is 533 Å². The van der Waals surface area contributed by atoms with Gasteiger partial charge in [0.15, 0.2) is 0 Å². The minimum absolute atomic E-state index is 1.06. The Bertz CT molecular complexity index is 8650. The molecular formula is C137H90. The molecule has 0 atom stereocenters. The SMILES string of the molecule is c1ccc2c(c1)Cc1c-2c2c(c3c1-c1ccccc1C3)-c1ccccc1C2.c1ccc2c(c1)Cc1c3c(c4c(c1-2)Cc1ccccc1-4)-c1ccccc1C3.c1ccc2c(c1)Cc1c3c(c4c(c1-2)Cc1ccccc1-4)-c1ccccc1C3.c1ccc2c(c1)Cc1c3c(c4c(ccc5ccccc54)c1-2)-c1ccccc1C3.c1ccc2c(c1)Cc1c3c(c4cc5ccccc5cc4c1-2)-c1ccccc1C3. The zero-order valence-electron chi connectivity index (χ0n) is 76.1. The second-order valence-electron chi connectivity index (χ2n) is 40.4. The average molecular weight is 1740 g/mol. The topological polar surface area (TPSA) is 0 Å². The highest BCUT2D eigenvalue weighted by Gasteiger charge is 2.43. The lowest BCUT2D eigenvalue weighted by atomic mass is 9.86. The Morgan fingerprint density at radius 2 is 0.270 bits per heavy atom. The Morgan fingerprint density at radius 3 is 0.547 bits per heavy atom. The molecule has 0 heteroatoms. The van der Waals surface area contributed by atoms with Crippen molar-refractivity contribution in [3.8, 4) is 145 Å². The van der Waals surface area contributed by atoms with Crippen molar-refractivity contribution in [2.45, 2.75) is 83.5 Å². The largest absolute Gasteiger partial charge is 0.0619 e. The predicted octanol–water partition coefficient (Wildman–Crippen LogP) is 33.5. The molecule has 0 nitrogen and oxygen atoms in total. The molecule has 0 saturated carbocycles. The number of rotatable bonds is 0. The van der Waals surface area contributed by atoms with Crippen molar-refractivity contribution in [2.24, 2.45) is 0 Å². The molecule has 22 aromatic rings. The summed E-state index contributed by atoms with van der Waals surface area (Å²) in [6.07, 6.45) is 13.9. The second-order valence-corrected chi connectivity index (χ2v) is 40.4. The Morgan fingerprint density at radius 1 is 0.102 bits per heavy atom. The number of fused-ring (bicyclic) bond motifs is 59. The van der Waals surface area contributed by atoms with Crippen LogP contribution in [0.15, 0.2) is 388 Å². The summed E-state index contributed by atoms with van der Waals surface area (Å²) in [4.78, 5) is 0. The smallest absolute Gasteiger partial charge is 0.000695 e. The molecule has 0 unspecified atom stereocenters. The van der Waals surface area contributed by atoms with Gasteiger partial charge in [0.25, 0.3) is 0 Å². The van der Waals surface area contributed by atoms with Crippen molar-refractivity contribution in [1.29, 1.82) is 0 Å². The van der Waals surface area contributed by atoms with E-state index in [2.05, 4.69) is 388 Å². The first-order valence-corrected chi connectivity index (χ1v) is 49.7. The molecular weight excluding hydrogens is 1650 g/mol. The van der Waals surface area contributed by atoms with Gasteiger partial charge in [0, 0.05) is 0 Å². The van der Waals surface area contributed by atoms with Gasteiger partial charge in [0.2, 0.25) is 0 Å². The van der Waals surface area contributed by atoms with Gasteiger partial charge in [-0.2, -0.15) is 0 Å². The molecule has 22 aromatic carbocycles. The Labute approximate surface area is 798 Å². The van der Waals surface area contributed by atoms with Crippen LogP contribution in [0.3, 0.4) is 0 Å². The minimum atomic E-state index is 1.06. The summed E-state index contributed by atoms with van der Waals surface area (Å²) in [6.45, 7) is 0. The number of hydrogen-bond donors (Lipinski definition) is 0. The third kappa shape index (κ3) is 11.0. The highest BCUT2D eigenvalue weighted by Crippen LogP contribution is 2.63. The maximum absolute atomic E-state index is 2.42. The van der Waals surface area contributed by atoms with Gasteiger partial charge in [-0.1, -0.05) is 376 Å². The lowest BCUT2D eigenvalue weighted by Crippen LogP contribution is -1.97. The molecule has 0 amide bonds. The van der Waals surface area contributed by atoms with Crippen LogP contribution in [0.2, 0.25) is 0 Å². The van der Waals surface area contributed by atoms with Crippen molar-refractivity contribution in [3.63, 3.8) is 0 Å². The van der Waals surface area contributed by atoms with E-state index < -0.39 is 0 Å². The van der Waals surface area contributed by atoms with E-state index in [-0.39, 0.29) is 0 Å². The monoisotopic (exact) mass is 1730 g/mol. The van der Waals surface area contributed by atoms with Crippen LogP contribution in [0.5, 0.6) is 0 Å². The molecule has 35 rings (SSSR count). The van der Waals surface area contributed by atoms with Crippen molar-refractivity contribution < 1.29 is 0 Å². The van der Waals surface area contributed by atoms with Crippen LogP contribution in [-0.2, 0) is 83.5 Å². The normalized spacial score (nSPS) is 13.9. The molecule has 13 aliphatic carbocycles. The molecule has 137 heavy (non-hydrogen) atoms. The zero-order valence-corrected chi connectivity index (χ0v) is 76.1. The summed E-state index contributed by atoms with van der Waals surface area (Å²) in [5, 5.41) is 11.0. The third-order valence-corrected chi connectivity index (χ3v) is 33.8. The molecule has 0 aliphatic heterocycles. The maximum Gasteiger partial charge on any atom is -0.000695 e. The molecule has 0 bridgehead atoms. The first kappa shape index (κ1) is 76.3. The van der Waals surface area contributed by atoms with Crippen LogP contribution in [0.25, 0.3) is 188 Å². The molecule has 0 radical (unpaired) electrons. The van der Waals surface area contributed by atoms with E-state index in [0.29, 0.717) is 0 Å². The summed E-state index contributed by atoms with van der Waals surface area (Å²) in [7, 11) is 0. The van der Waals surface area contributed by atoms with Gasteiger partial charge in [-0.3, -0.25) is 0 Å². The van der Waals surface area contributed by atoms with E-state index in [1.54, 1.807) is 83.5 Å². The number of benzene rings is 22.